The molecule has 2 nitrogen and oxygen atoms in total. The van der Waals surface area contributed by atoms with E-state index in [0.29, 0.717) is 11.8 Å². The van der Waals surface area contributed by atoms with Crippen LogP contribution < -0.4 is 5.32 Å². The van der Waals surface area contributed by atoms with Gasteiger partial charge in [0.2, 0.25) is 0 Å². The number of nitriles is 1. The van der Waals surface area contributed by atoms with E-state index in [0.717, 1.165) is 13.0 Å². The van der Waals surface area contributed by atoms with Crippen LogP contribution in [0.2, 0.25) is 0 Å². The van der Waals surface area contributed by atoms with Crippen LogP contribution in [0.4, 0.5) is 0 Å². The molecule has 0 rings (SSSR count). The SMILES string of the molecule is CCC(C)C(C)(C#N)NCC(C)C. The largest absolute Gasteiger partial charge is 0.299 e. The molecule has 2 heteroatoms. The lowest BCUT2D eigenvalue weighted by molar-refractivity contribution is 0.297. The van der Waals surface area contributed by atoms with E-state index in [2.05, 4.69) is 39.1 Å². The molecule has 0 amide bonds. The van der Waals surface area contributed by atoms with Crippen LogP contribution in [0.5, 0.6) is 0 Å². The first-order valence-electron chi connectivity index (χ1n) is 5.12. The summed E-state index contributed by atoms with van der Waals surface area (Å²) in [6.45, 7) is 11.5. The fourth-order valence-electron chi connectivity index (χ4n) is 1.15. The van der Waals surface area contributed by atoms with Crippen molar-refractivity contribution < 1.29 is 0 Å². The highest BCUT2D eigenvalue weighted by molar-refractivity contribution is 5.06. The average Bonchev–Trinajstić information content (AvgIpc) is 2.12. The molecule has 0 aromatic rings. The number of nitrogens with one attached hydrogen (secondary N) is 1. The van der Waals surface area contributed by atoms with Crippen LogP contribution in [-0.4, -0.2) is 12.1 Å². The molecule has 0 spiro atoms. The Morgan fingerprint density at radius 2 is 1.92 bits per heavy atom. The fraction of sp³-hybridized carbons (Fsp3) is 0.909. The van der Waals surface area contributed by atoms with E-state index in [1.807, 2.05) is 6.92 Å². The second kappa shape index (κ2) is 5.24. The van der Waals surface area contributed by atoms with Gasteiger partial charge in [-0.2, -0.15) is 5.26 Å². The third-order valence-electron chi connectivity index (χ3n) is 2.71. The average molecular weight is 182 g/mol. The molecule has 0 aliphatic heterocycles. The van der Waals surface area contributed by atoms with E-state index in [4.69, 9.17) is 5.26 Å². The highest BCUT2D eigenvalue weighted by Gasteiger charge is 2.29. The molecule has 0 saturated heterocycles. The summed E-state index contributed by atoms with van der Waals surface area (Å²) in [6, 6.07) is 2.37. The Balaban J connectivity index is 4.22. The van der Waals surface area contributed by atoms with Gasteiger partial charge < -0.3 is 0 Å². The van der Waals surface area contributed by atoms with Crippen LogP contribution in [0.15, 0.2) is 0 Å². The lowest BCUT2D eigenvalue weighted by atomic mass is 9.86. The van der Waals surface area contributed by atoms with E-state index < -0.39 is 0 Å². The maximum atomic E-state index is 9.09. The van der Waals surface area contributed by atoms with Crippen molar-refractivity contribution in [3.63, 3.8) is 0 Å². The lowest BCUT2D eigenvalue weighted by Crippen LogP contribution is -2.47. The van der Waals surface area contributed by atoms with Crippen molar-refractivity contribution in [3.8, 4) is 6.07 Å². The molecule has 0 aliphatic carbocycles. The zero-order valence-corrected chi connectivity index (χ0v) is 9.52. The van der Waals surface area contributed by atoms with Gasteiger partial charge in [-0.1, -0.05) is 34.1 Å². The standard InChI is InChI=1S/C11H22N2/c1-6-10(4)11(5,8-12)13-7-9(2)3/h9-10,13H,6-7H2,1-5H3. The molecule has 0 aliphatic rings. The molecule has 0 saturated carbocycles. The number of rotatable bonds is 5. The third-order valence-corrected chi connectivity index (χ3v) is 2.71. The van der Waals surface area contributed by atoms with Gasteiger partial charge in [0.05, 0.1) is 6.07 Å². The summed E-state index contributed by atoms with van der Waals surface area (Å²) in [5.74, 6) is 0.994. The monoisotopic (exact) mass is 182 g/mol. The second-order valence-electron chi connectivity index (χ2n) is 4.40. The summed E-state index contributed by atoms with van der Waals surface area (Å²) in [6.07, 6.45) is 1.04. The summed E-state index contributed by atoms with van der Waals surface area (Å²) in [7, 11) is 0. The molecule has 0 bridgehead atoms. The number of nitrogens with zero attached hydrogens (tertiary/aromatic N) is 1. The topological polar surface area (TPSA) is 35.8 Å². The van der Waals surface area contributed by atoms with Gasteiger partial charge >= 0.3 is 0 Å². The van der Waals surface area contributed by atoms with Gasteiger partial charge in [-0.05, 0) is 25.3 Å². The Morgan fingerprint density at radius 3 is 2.23 bits per heavy atom. The molecule has 0 aromatic carbocycles. The summed E-state index contributed by atoms with van der Waals surface area (Å²) in [5.41, 5.74) is -0.362. The summed E-state index contributed by atoms with van der Waals surface area (Å²) >= 11 is 0. The Morgan fingerprint density at radius 1 is 1.38 bits per heavy atom. The van der Waals surface area contributed by atoms with Crippen LogP contribution >= 0.6 is 0 Å². The molecular formula is C11H22N2. The van der Waals surface area contributed by atoms with Crippen molar-refractivity contribution in [2.45, 2.75) is 46.6 Å². The Kier molecular flexibility index (Phi) is 5.02. The number of hydrogen-bond donors (Lipinski definition) is 1. The normalized spacial score (nSPS) is 17.9. The van der Waals surface area contributed by atoms with Crippen LogP contribution in [0.3, 0.4) is 0 Å². The minimum absolute atomic E-state index is 0.362. The molecule has 76 valence electrons. The van der Waals surface area contributed by atoms with Crippen LogP contribution in [-0.2, 0) is 0 Å². The quantitative estimate of drug-likeness (QED) is 0.709. The Hall–Kier alpha value is -0.550. The van der Waals surface area contributed by atoms with Crippen molar-refractivity contribution in [1.29, 1.82) is 5.26 Å². The third kappa shape index (κ3) is 3.78. The zero-order chi connectivity index (χ0) is 10.5. The minimum atomic E-state index is -0.362. The van der Waals surface area contributed by atoms with Gasteiger partial charge in [0, 0.05) is 0 Å². The predicted octanol–water partition coefficient (Wildman–Crippen LogP) is 2.56. The second-order valence-corrected chi connectivity index (χ2v) is 4.40. The van der Waals surface area contributed by atoms with Crippen molar-refractivity contribution in [3.05, 3.63) is 0 Å². The van der Waals surface area contributed by atoms with Crippen molar-refractivity contribution in [2.75, 3.05) is 6.54 Å². The van der Waals surface area contributed by atoms with Crippen molar-refractivity contribution >= 4 is 0 Å². The first kappa shape index (κ1) is 12.4. The molecule has 0 heterocycles. The first-order valence-corrected chi connectivity index (χ1v) is 5.12. The molecule has 0 radical (unpaired) electrons. The van der Waals surface area contributed by atoms with E-state index in [1.165, 1.54) is 0 Å². The van der Waals surface area contributed by atoms with E-state index in [-0.39, 0.29) is 5.54 Å². The van der Waals surface area contributed by atoms with E-state index >= 15 is 0 Å². The molecule has 2 atom stereocenters. The summed E-state index contributed by atoms with van der Waals surface area (Å²) < 4.78 is 0. The zero-order valence-electron chi connectivity index (χ0n) is 9.52. The van der Waals surface area contributed by atoms with Gasteiger partial charge in [-0.25, -0.2) is 0 Å². The Labute approximate surface area is 82.3 Å². The Bertz CT molecular complexity index is 181. The van der Waals surface area contributed by atoms with Crippen molar-refractivity contribution in [2.24, 2.45) is 11.8 Å². The fourth-order valence-corrected chi connectivity index (χ4v) is 1.15. The molecule has 0 fully saturated rings. The van der Waals surface area contributed by atoms with Crippen LogP contribution in [0.25, 0.3) is 0 Å². The molecule has 0 aromatic heterocycles. The van der Waals surface area contributed by atoms with E-state index in [9.17, 15) is 0 Å². The molecular weight excluding hydrogens is 160 g/mol. The summed E-state index contributed by atoms with van der Waals surface area (Å²) in [4.78, 5) is 0. The lowest BCUT2D eigenvalue weighted by Gasteiger charge is -2.30. The minimum Gasteiger partial charge on any atom is -0.299 e. The molecule has 2 unspecified atom stereocenters. The van der Waals surface area contributed by atoms with Gasteiger partial charge in [-0.15, -0.1) is 0 Å². The van der Waals surface area contributed by atoms with Gasteiger partial charge in [0.15, 0.2) is 0 Å². The van der Waals surface area contributed by atoms with Crippen LogP contribution in [0.1, 0.15) is 41.0 Å². The molecule has 1 N–H and O–H groups in total. The van der Waals surface area contributed by atoms with Crippen molar-refractivity contribution in [1.82, 2.24) is 5.32 Å². The van der Waals surface area contributed by atoms with E-state index in [1.54, 1.807) is 0 Å². The molecule has 13 heavy (non-hydrogen) atoms. The predicted molar refractivity (Wildman–Crippen MR) is 56.3 cm³/mol. The maximum absolute atomic E-state index is 9.09. The highest BCUT2D eigenvalue weighted by Crippen LogP contribution is 2.19. The summed E-state index contributed by atoms with van der Waals surface area (Å²) in [5, 5.41) is 12.4. The van der Waals surface area contributed by atoms with Gasteiger partial charge in [0.25, 0.3) is 0 Å². The smallest absolute Gasteiger partial charge is 0.106 e. The number of hydrogen-bond acceptors (Lipinski definition) is 2. The van der Waals surface area contributed by atoms with Gasteiger partial charge in [-0.3, -0.25) is 5.32 Å². The van der Waals surface area contributed by atoms with Gasteiger partial charge in [0.1, 0.15) is 5.54 Å². The maximum Gasteiger partial charge on any atom is 0.106 e. The first-order chi connectivity index (χ1) is 5.96. The highest BCUT2D eigenvalue weighted by atomic mass is 15.0. The van der Waals surface area contributed by atoms with Crippen LogP contribution in [0, 0.1) is 23.2 Å².